The van der Waals surface area contributed by atoms with Crippen molar-refractivity contribution in [2.24, 2.45) is 0 Å². The molecule has 0 saturated carbocycles. The highest BCUT2D eigenvalue weighted by Gasteiger charge is 2.48. The third kappa shape index (κ3) is 4.05. The van der Waals surface area contributed by atoms with Crippen LogP contribution in [0.4, 0.5) is 20.6 Å². The SMILES string of the molecule is C[C@]1(c2ccc([N+](=O)[O-])cc2)NC(=O)N(CCC(=O)Nc2ccc(F)cc2)C1=O. The molecule has 0 spiro atoms. The Morgan fingerprint density at radius 1 is 1.17 bits per heavy atom. The molecule has 150 valence electrons. The first-order valence-corrected chi connectivity index (χ1v) is 8.65. The third-order valence-electron chi connectivity index (χ3n) is 4.62. The summed E-state index contributed by atoms with van der Waals surface area (Å²) >= 11 is 0. The Kier molecular flexibility index (Phi) is 5.26. The van der Waals surface area contributed by atoms with E-state index in [0.29, 0.717) is 11.3 Å². The highest BCUT2D eigenvalue weighted by molar-refractivity contribution is 6.07. The Balaban J connectivity index is 1.65. The fourth-order valence-corrected chi connectivity index (χ4v) is 2.98. The van der Waals surface area contributed by atoms with Gasteiger partial charge in [-0.1, -0.05) is 0 Å². The van der Waals surface area contributed by atoms with Crippen molar-refractivity contribution in [3.8, 4) is 0 Å². The van der Waals surface area contributed by atoms with Crippen LogP contribution in [-0.4, -0.2) is 34.2 Å². The van der Waals surface area contributed by atoms with Gasteiger partial charge in [-0.05, 0) is 48.9 Å². The van der Waals surface area contributed by atoms with E-state index in [0.717, 1.165) is 4.90 Å². The lowest BCUT2D eigenvalue weighted by Gasteiger charge is -2.22. The normalized spacial score (nSPS) is 18.5. The average Bonchev–Trinajstić information content (AvgIpc) is 2.91. The molecule has 1 aliphatic heterocycles. The quantitative estimate of drug-likeness (QED) is 0.438. The van der Waals surface area contributed by atoms with Crippen molar-refractivity contribution in [1.82, 2.24) is 10.2 Å². The number of amides is 4. The number of hydrogen-bond acceptors (Lipinski definition) is 5. The second-order valence-electron chi connectivity index (χ2n) is 6.62. The number of non-ortho nitro benzene ring substituents is 1. The molecule has 1 heterocycles. The summed E-state index contributed by atoms with van der Waals surface area (Å²) in [4.78, 5) is 48.3. The van der Waals surface area contributed by atoms with E-state index in [1.807, 2.05) is 0 Å². The Bertz CT molecular complexity index is 977. The molecule has 1 aliphatic rings. The second-order valence-corrected chi connectivity index (χ2v) is 6.62. The van der Waals surface area contributed by atoms with Gasteiger partial charge in [0.15, 0.2) is 0 Å². The van der Waals surface area contributed by atoms with Gasteiger partial charge in [-0.25, -0.2) is 9.18 Å². The van der Waals surface area contributed by atoms with Crippen molar-refractivity contribution in [3.05, 3.63) is 70.0 Å². The monoisotopic (exact) mass is 400 g/mol. The number of benzene rings is 2. The van der Waals surface area contributed by atoms with Crippen molar-refractivity contribution in [2.75, 3.05) is 11.9 Å². The van der Waals surface area contributed by atoms with Crippen LogP contribution in [0.3, 0.4) is 0 Å². The van der Waals surface area contributed by atoms with Crippen LogP contribution in [0.2, 0.25) is 0 Å². The Labute approximate surface area is 164 Å². The molecule has 4 amide bonds. The number of hydrogen-bond donors (Lipinski definition) is 2. The zero-order chi connectivity index (χ0) is 21.2. The maximum Gasteiger partial charge on any atom is 0.325 e. The number of nitrogens with one attached hydrogen (secondary N) is 2. The summed E-state index contributed by atoms with van der Waals surface area (Å²) in [5, 5.41) is 15.9. The summed E-state index contributed by atoms with van der Waals surface area (Å²) in [5.74, 6) is -1.44. The molecule has 1 atom stereocenters. The molecule has 29 heavy (non-hydrogen) atoms. The molecule has 2 N–H and O–H groups in total. The molecule has 10 heteroatoms. The van der Waals surface area contributed by atoms with Crippen molar-refractivity contribution in [2.45, 2.75) is 18.9 Å². The van der Waals surface area contributed by atoms with Gasteiger partial charge < -0.3 is 10.6 Å². The van der Waals surface area contributed by atoms with Crippen molar-refractivity contribution < 1.29 is 23.7 Å². The fraction of sp³-hybridized carbons (Fsp3) is 0.211. The van der Waals surface area contributed by atoms with Gasteiger partial charge in [-0.2, -0.15) is 0 Å². The largest absolute Gasteiger partial charge is 0.326 e. The number of nitro benzene ring substituents is 1. The molecule has 2 aromatic rings. The molecule has 9 nitrogen and oxygen atoms in total. The van der Waals surface area contributed by atoms with Crippen molar-refractivity contribution in [3.63, 3.8) is 0 Å². The summed E-state index contributed by atoms with van der Waals surface area (Å²) in [7, 11) is 0. The van der Waals surface area contributed by atoms with Gasteiger partial charge in [-0.3, -0.25) is 24.6 Å². The van der Waals surface area contributed by atoms with Crippen LogP contribution in [0.25, 0.3) is 0 Å². The summed E-state index contributed by atoms with van der Waals surface area (Å²) in [5.41, 5.74) is -0.743. The fourth-order valence-electron chi connectivity index (χ4n) is 2.98. The lowest BCUT2D eigenvalue weighted by molar-refractivity contribution is -0.384. The number of nitrogens with zero attached hydrogens (tertiary/aromatic N) is 2. The smallest absolute Gasteiger partial charge is 0.325 e. The lowest BCUT2D eigenvalue weighted by Crippen LogP contribution is -2.41. The highest BCUT2D eigenvalue weighted by Crippen LogP contribution is 2.30. The first kappa shape index (κ1) is 19.9. The van der Waals surface area contributed by atoms with Gasteiger partial charge in [0.2, 0.25) is 5.91 Å². The molecule has 0 aromatic heterocycles. The first-order chi connectivity index (χ1) is 13.7. The minimum Gasteiger partial charge on any atom is -0.326 e. The maximum atomic E-state index is 12.9. The zero-order valence-electron chi connectivity index (χ0n) is 15.3. The number of anilines is 1. The van der Waals surface area contributed by atoms with Gasteiger partial charge >= 0.3 is 6.03 Å². The number of urea groups is 1. The number of halogens is 1. The second kappa shape index (κ2) is 7.66. The number of carbonyl (C=O) groups is 3. The topological polar surface area (TPSA) is 122 Å². The van der Waals surface area contributed by atoms with E-state index in [-0.39, 0.29) is 18.7 Å². The van der Waals surface area contributed by atoms with Crippen LogP contribution in [-0.2, 0) is 15.1 Å². The first-order valence-electron chi connectivity index (χ1n) is 8.65. The van der Waals surface area contributed by atoms with Gasteiger partial charge in [0.05, 0.1) is 4.92 Å². The molecule has 1 fully saturated rings. The predicted octanol–water partition coefficient (Wildman–Crippen LogP) is 2.53. The zero-order valence-corrected chi connectivity index (χ0v) is 15.3. The van der Waals surface area contributed by atoms with E-state index < -0.39 is 34.1 Å². The van der Waals surface area contributed by atoms with E-state index in [9.17, 15) is 28.9 Å². The number of nitro groups is 1. The molecule has 0 bridgehead atoms. The molecule has 0 unspecified atom stereocenters. The average molecular weight is 400 g/mol. The summed E-state index contributed by atoms with van der Waals surface area (Å²) in [6.07, 6.45) is -0.146. The van der Waals surface area contributed by atoms with Crippen LogP contribution in [0.1, 0.15) is 18.9 Å². The van der Waals surface area contributed by atoms with Crippen LogP contribution in [0.15, 0.2) is 48.5 Å². The molecule has 1 saturated heterocycles. The minimum absolute atomic E-state index is 0.136. The van der Waals surface area contributed by atoms with Gasteiger partial charge in [-0.15, -0.1) is 0 Å². The molecule has 2 aromatic carbocycles. The van der Waals surface area contributed by atoms with E-state index in [2.05, 4.69) is 10.6 Å². The molecular weight excluding hydrogens is 383 g/mol. The predicted molar refractivity (Wildman–Crippen MR) is 100 cm³/mol. The van der Waals surface area contributed by atoms with Gasteiger partial charge in [0.25, 0.3) is 11.6 Å². The molecular formula is C19H17FN4O5. The van der Waals surface area contributed by atoms with Crippen LogP contribution in [0.5, 0.6) is 0 Å². The van der Waals surface area contributed by atoms with E-state index in [4.69, 9.17) is 0 Å². The van der Waals surface area contributed by atoms with E-state index in [1.165, 1.54) is 55.5 Å². The van der Waals surface area contributed by atoms with Crippen LogP contribution >= 0.6 is 0 Å². The summed E-state index contributed by atoms with van der Waals surface area (Å²) in [6.45, 7) is 1.34. The number of rotatable bonds is 6. The van der Waals surface area contributed by atoms with Crippen molar-refractivity contribution >= 4 is 29.2 Å². The maximum absolute atomic E-state index is 12.9. The van der Waals surface area contributed by atoms with E-state index >= 15 is 0 Å². The van der Waals surface area contributed by atoms with E-state index in [1.54, 1.807) is 0 Å². The Hall–Kier alpha value is -3.82. The lowest BCUT2D eigenvalue weighted by atomic mass is 9.92. The Morgan fingerprint density at radius 2 is 1.79 bits per heavy atom. The Morgan fingerprint density at radius 3 is 2.38 bits per heavy atom. The third-order valence-corrected chi connectivity index (χ3v) is 4.62. The molecule has 0 radical (unpaired) electrons. The molecule has 0 aliphatic carbocycles. The number of carbonyl (C=O) groups excluding carboxylic acids is 3. The van der Waals surface area contributed by atoms with Crippen LogP contribution < -0.4 is 10.6 Å². The summed E-state index contributed by atoms with van der Waals surface area (Å²) < 4.78 is 12.9. The van der Waals surface area contributed by atoms with Gasteiger partial charge in [0.1, 0.15) is 11.4 Å². The van der Waals surface area contributed by atoms with Gasteiger partial charge in [0, 0.05) is 30.8 Å². The summed E-state index contributed by atoms with van der Waals surface area (Å²) in [6, 6.07) is 9.83. The molecule has 3 rings (SSSR count). The standard InChI is InChI=1S/C19H17FN4O5/c1-19(12-2-8-15(9-3-12)24(28)29)17(26)23(18(27)22-19)11-10-16(25)21-14-6-4-13(20)5-7-14/h2-9H,10-11H2,1H3,(H,21,25)(H,22,27)/t19-/m1/s1. The minimum atomic E-state index is -1.39. The highest BCUT2D eigenvalue weighted by atomic mass is 19.1. The number of imide groups is 1. The van der Waals surface area contributed by atoms with Crippen LogP contribution in [0, 0.1) is 15.9 Å². The van der Waals surface area contributed by atoms with Crippen molar-refractivity contribution in [1.29, 1.82) is 0 Å².